The van der Waals surface area contributed by atoms with Gasteiger partial charge in [-0.1, -0.05) is 11.2 Å². The van der Waals surface area contributed by atoms with E-state index in [4.69, 9.17) is 15.3 Å². The van der Waals surface area contributed by atoms with E-state index in [1.807, 2.05) is 18.2 Å². The average molecular weight is 440 g/mol. The summed E-state index contributed by atoms with van der Waals surface area (Å²) in [5.41, 5.74) is 8.53. The Hall–Kier alpha value is -3.08. The minimum atomic E-state index is -0.000658. The Balaban J connectivity index is 1.26. The highest BCUT2D eigenvalue weighted by Crippen LogP contribution is 2.23. The Morgan fingerprint density at radius 3 is 3.16 bits per heavy atom. The van der Waals surface area contributed by atoms with Gasteiger partial charge in [-0.25, -0.2) is 4.98 Å². The molecule has 0 radical (unpaired) electrons. The SMILES string of the molecule is COCCN1CCC(CNCc2nc(N)cc(ON=Cc3ccc4c(c3)CC(=O)N4)n2)C1. The van der Waals surface area contributed by atoms with Crippen LogP contribution in [-0.2, 0) is 22.5 Å². The van der Waals surface area contributed by atoms with Gasteiger partial charge < -0.3 is 30.8 Å². The molecule has 10 heteroatoms. The zero-order chi connectivity index (χ0) is 22.3. The number of benzene rings is 1. The van der Waals surface area contributed by atoms with Gasteiger partial charge in [0, 0.05) is 32.0 Å². The third kappa shape index (κ3) is 6.00. The summed E-state index contributed by atoms with van der Waals surface area (Å²) in [6.07, 6.45) is 3.13. The second-order valence-electron chi connectivity index (χ2n) is 8.09. The van der Waals surface area contributed by atoms with E-state index < -0.39 is 0 Å². The molecule has 2 aliphatic heterocycles. The van der Waals surface area contributed by atoms with Crippen LogP contribution in [0, 0.1) is 5.92 Å². The van der Waals surface area contributed by atoms with Gasteiger partial charge in [-0.2, -0.15) is 4.98 Å². The number of likely N-dealkylation sites (tertiary alicyclic amines) is 1. The monoisotopic (exact) mass is 439 g/mol. The zero-order valence-electron chi connectivity index (χ0n) is 18.2. The number of carbonyl (C=O) groups excluding carboxylic acids is 1. The fourth-order valence-electron chi connectivity index (χ4n) is 3.98. The Kier molecular flexibility index (Phi) is 7.25. The molecule has 0 saturated carbocycles. The number of nitrogens with two attached hydrogens (primary N) is 1. The quantitative estimate of drug-likeness (QED) is 0.370. The topological polar surface area (TPSA) is 127 Å². The summed E-state index contributed by atoms with van der Waals surface area (Å²) in [6.45, 7) is 5.33. The van der Waals surface area contributed by atoms with Gasteiger partial charge in [0.2, 0.25) is 5.91 Å². The molecule has 4 N–H and O–H groups in total. The molecule has 1 fully saturated rings. The molecule has 1 aromatic heterocycles. The number of nitrogens with zero attached hydrogens (tertiary/aromatic N) is 4. The number of carbonyl (C=O) groups is 1. The summed E-state index contributed by atoms with van der Waals surface area (Å²) in [7, 11) is 1.73. The Morgan fingerprint density at radius 2 is 2.28 bits per heavy atom. The Bertz CT molecular complexity index is 982. The van der Waals surface area contributed by atoms with Crippen molar-refractivity contribution in [1.82, 2.24) is 20.2 Å². The lowest BCUT2D eigenvalue weighted by Crippen LogP contribution is -2.28. The second kappa shape index (κ2) is 10.5. The smallest absolute Gasteiger partial charge is 0.254 e. The van der Waals surface area contributed by atoms with Crippen LogP contribution in [0.3, 0.4) is 0 Å². The Labute approximate surface area is 187 Å². The average Bonchev–Trinajstić information content (AvgIpc) is 3.37. The van der Waals surface area contributed by atoms with E-state index in [1.54, 1.807) is 13.3 Å². The summed E-state index contributed by atoms with van der Waals surface area (Å²) in [5, 5.41) is 10.2. The van der Waals surface area contributed by atoms with E-state index in [-0.39, 0.29) is 11.8 Å². The minimum Gasteiger partial charge on any atom is -0.383 e. The van der Waals surface area contributed by atoms with Crippen molar-refractivity contribution in [2.24, 2.45) is 11.1 Å². The molecule has 0 bridgehead atoms. The molecule has 10 nitrogen and oxygen atoms in total. The molecule has 1 saturated heterocycles. The maximum atomic E-state index is 11.5. The van der Waals surface area contributed by atoms with Crippen LogP contribution < -0.4 is 21.2 Å². The van der Waals surface area contributed by atoms with Crippen molar-refractivity contribution in [3.63, 3.8) is 0 Å². The maximum absolute atomic E-state index is 11.5. The number of nitrogen functional groups attached to an aromatic ring is 1. The number of rotatable bonds is 10. The maximum Gasteiger partial charge on any atom is 0.254 e. The van der Waals surface area contributed by atoms with Crippen molar-refractivity contribution in [2.45, 2.75) is 19.4 Å². The highest BCUT2D eigenvalue weighted by Gasteiger charge is 2.21. The summed E-state index contributed by atoms with van der Waals surface area (Å²) in [5.74, 6) is 1.78. The molecule has 32 heavy (non-hydrogen) atoms. The standard InChI is InChI=1S/C22H29N7O3/c1-31-7-6-29-5-4-16(14-29)11-24-13-20-27-19(23)10-22(28-20)32-25-12-15-2-3-18-17(8-15)9-21(30)26-18/h2-3,8,10,12,16,24H,4-7,9,11,13-14H2,1H3,(H,26,30)(H2,23,27,28). The van der Waals surface area contributed by atoms with Crippen molar-refractivity contribution in [2.75, 3.05) is 50.9 Å². The summed E-state index contributed by atoms with van der Waals surface area (Å²) in [6, 6.07) is 7.16. The number of fused-ring (bicyclic) bond motifs is 1. The molecular weight excluding hydrogens is 410 g/mol. The van der Waals surface area contributed by atoms with Gasteiger partial charge in [0.25, 0.3) is 5.88 Å². The lowest BCUT2D eigenvalue weighted by Gasteiger charge is -2.15. The van der Waals surface area contributed by atoms with Gasteiger partial charge in [0.1, 0.15) is 11.6 Å². The minimum absolute atomic E-state index is 0.000658. The van der Waals surface area contributed by atoms with E-state index in [1.165, 1.54) is 12.5 Å². The van der Waals surface area contributed by atoms with Crippen LogP contribution >= 0.6 is 0 Å². The lowest BCUT2D eigenvalue weighted by atomic mass is 10.1. The highest BCUT2D eigenvalue weighted by molar-refractivity contribution is 5.99. The third-order valence-electron chi connectivity index (χ3n) is 5.57. The zero-order valence-corrected chi connectivity index (χ0v) is 18.2. The predicted octanol–water partition coefficient (Wildman–Crippen LogP) is 1.02. The number of nitrogens with one attached hydrogen (secondary N) is 2. The van der Waals surface area contributed by atoms with Gasteiger partial charge in [0.05, 0.1) is 25.8 Å². The molecule has 1 unspecified atom stereocenters. The van der Waals surface area contributed by atoms with Crippen LogP contribution in [0.4, 0.5) is 11.5 Å². The second-order valence-corrected chi connectivity index (χ2v) is 8.09. The largest absolute Gasteiger partial charge is 0.383 e. The third-order valence-corrected chi connectivity index (χ3v) is 5.57. The first-order chi connectivity index (χ1) is 15.6. The number of oxime groups is 1. The summed E-state index contributed by atoms with van der Waals surface area (Å²) >= 11 is 0. The van der Waals surface area contributed by atoms with Crippen LogP contribution in [0.5, 0.6) is 5.88 Å². The number of amides is 1. The molecule has 0 spiro atoms. The normalized spacial score (nSPS) is 18.3. The van der Waals surface area contributed by atoms with Gasteiger partial charge in [-0.15, -0.1) is 0 Å². The number of anilines is 2. The molecule has 1 atom stereocenters. The van der Waals surface area contributed by atoms with Gasteiger partial charge >= 0.3 is 0 Å². The van der Waals surface area contributed by atoms with E-state index in [0.29, 0.717) is 30.5 Å². The molecule has 1 amide bonds. The number of aromatic nitrogens is 2. The fourth-order valence-corrected chi connectivity index (χ4v) is 3.98. The predicted molar refractivity (Wildman–Crippen MR) is 122 cm³/mol. The molecular formula is C22H29N7O3. The van der Waals surface area contributed by atoms with E-state index >= 15 is 0 Å². The van der Waals surface area contributed by atoms with Crippen LogP contribution in [0.1, 0.15) is 23.4 Å². The Morgan fingerprint density at radius 1 is 1.38 bits per heavy atom. The van der Waals surface area contributed by atoms with Crippen LogP contribution in [0.15, 0.2) is 29.4 Å². The van der Waals surface area contributed by atoms with Crippen molar-refractivity contribution < 1.29 is 14.4 Å². The number of hydrogen-bond donors (Lipinski definition) is 3. The van der Waals surface area contributed by atoms with Crippen molar-refractivity contribution in [1.29, 1.82) is 0 Å². The number of hydrogen-bond acceptors (Lipinski definition) is 9. The number of ether oxygens (including phenoxy) is 1. The van der Waals surface area contributed by atoms with Crippen LogP contribution in [0.2, 0.25) is 0 Å². The molecule has 0 aliphatic carbocycles. The number of methoxy groups -OCH3 is 1. The fraction of sp³-hybridized carbons (Fsp3) is 0.455. The van der Waals surface area contributed by atoms with Gasteiger partial charge in [-0.05, 0) is 48.7 Å². The first-order valence-electron chi connectivity index (χ1n) is 10.8. The van der Waals surface area contributed by atoms with Crippen molar-refractivity contribution in [3.8, 4) is 5.88 Å². The van der Waals surface area contributed by atoms with Gasteiger partial charge in [0.15, 0.2) is 0 Å². The van der Waals surface area contributed by atoms with Crippen molar-refractivity contribution in [3.05, 3.63) is 41.2 Å². The van der Waals surface area contributed by atoms with E-state index in [2.05, 4.69) is 30.7 Å². The van der Waals surface area contributed by atoms with E-state index in [9.17, 15) is 4.79 Å². The van der Waals surface area contributed by atoms with Crippen LogP contribution in [0.25, 0.3) is 0 Å². The van der Waals surface area contributed by atoms with E-state index in [0.717, 1.165) is 49.6 Å². The molecule has 170 valence electrons. The van der Waals surface area contributed by atoms with Crippen molar-refractivity contribution >= 4 is 23.6 Å². The molecule has 1 aromatic carbocycles. The first kappa shape index (κ1) is 22.1. The highest BCUT2D eigenvalue weighted by atomic mass is 16.6. The molecule has 3 heterocycles. The molecule has 2 aliphatic rings. The summed E-state index contributed by atoms with van der Waals surface area (Å²) < 4.78 is 5.15. The molecule has 4 rings (SSSR count). The lowest BCUT2D eigenvalue weighted by molar-refractivity contribution is -0.115. The molecule has 2 aromatic rings. The van der Waals surface area contributed by atoms with Gasteiger partial charge in [-0.3, -0.25) is 4.79 Å². The van der Waals surface area contributed by atoms with Crippen LogP contribution in [-0.4, -0.2) is 66.9 Å². The first-order valence-corrected chi connectivity index (χ1v) is 10.8. The summed E-state index contributed by atoms with van der Waals surface area (Å²) in [4.78, 5) is 28.0.